The number of nitrogens with zero attached hydrogens (tertiary/aromatic N) is 4. The van der Waals surface area contributed by atoms with E-state index < -0.39 is 0 Å². The van der Waals surface area contributed by atoms with Gasteiger partial charge in [0, 0.05) is 18.8 Å². The maximum absolute atomic E-state index is 5.69. The van der Waals surface area contributed by atoms with Gasteiger partial charge in [-0.05, 0) is 43.7 Å². The highest BCUT2D eigenvalue weighted by Crippen LogP contribution is 2.11. The summed E-state index contributed by atoms with van der Waals surface area (Å²) >= 11 is 0. The van der Waals surface area contributed by atoms with Crippen molar-refractivity contribution in [3.8, 4) is 5.69 Å². The van der Waals surface area contributed by atoms with Crippen molar-refractivity contribution in [3.63, 3.8) is 0 Å². The Morgan fingerprint density at radius 1 is 1.14 bits per heavy atom. The normalized spacial score (nSPS) is 16.2. The van der Waals surface area contributed by atoms with E-state index in [1.165, 1.54) is 0 Å². The lowest BCUT2D eigenvalue weighted by Crippen LogP contribution is -2.36. The summed E-state index contributed by atoms with van der Waals surface area (Å²) < 4.78 is 7.14. The van der Waals surface area contributed by atoms with Crippen LogP contribution in [0.2, 0.25) is 0 Å². The topological polar surface area (TPSA) is 69.2 Å². The molecule has 1 aliphatic heterocycles. The Balaban J connectivity index is 1.51. The fraction of sp³-hybridized carbons (Fsp3) is 0.467. The second-order valence-electron chi connectivity index (χ2n) is 5.30. The molecule has 2 heterocycles. The highest BCUT2D eigenvalue weighted by Gasteiger charge is 2.10. The van der Waals surface area contributed by atoms with Gasteiger partial charge in [-0.15, -0.1) is 5.10 Å². The van der Waals surface area contributed by atoms with Crippen molar-refractivity contribution in [3.05, 3.63) is 36.2 Å². The minimum Gasteiger partial charge on any atom is -0.399 e. The summed E-state index contributed by atoms with van der Waals surface area (Å²) in [5.41, 5.74) is 8.45. The number of ether oxygens (including phenoxy) is 1. The summed E-state index contributed by atoms with van der Waals surface area (Å²) in [7, 11) is 0. The van der Waals surface area contributed by atoms with Crippen molar-refractivity contribution < 1.29 is 4.74 Å². The number of nitrogen functional groups attached to an aromatic ring is 1. The van der Waals surface area contributed by atoms with Gasteiger partial charge in [0.25, 0.3) is 0 Å². The second-order valence-corrected chi connectivity index (χ2v) is 5.30. The quantitative estimate of drug-likeness (QED) is 0.834. The Hall–Kier alpha value is -1.92. The molecule has 112 valence electrons. The van der Waals surface area contributed by atoms with Gasteiger partial charge in [0.15, 0.2) is 0 Å². The molecule has 6 nitrogen and oxygen atoms in total. The van der Waals surface area contributed by atoms with Gasteiger partial charge in [0.2, 0.25) is 0 Å². The molecule has 0 saturated carbocycles. The summed E-state index contributed by atoms with van der Waals surface area (Å²) in [6.07, 6.45) is 4.04. The fourth-order valence-corrected chi connectivity index (χ4v) is 2.47. The molecule has 3 rings (SSSR count). The van der Waals surface area contributed by atoms with Crippen LogP contribution in [0, 0.1) is 0 Å². The highest BCUT2D eigenvalue weighted by molar-refractivity contribution is 5.44. The lowest BCUT2D eigenvalue weighted by atomic mass is 10.2. The molecule has 1 saturated heterocycles. The molecule has 1 aromatic carbocycles. The van der Waals surface area contributed by atoms with E-state index in [4.69, 9.17) is 10.5 Å². The first-order valence-electron chi connectivity index (χ1n) is 7.38. The molecule has 0 amide bonds. The molecule has 2 N–H and O–H groups in total. The first-order chi connectivity index (χ1) is 10.3. The van der Waals surface area contributed by atoms with Crippen LogP contribution in [-0.4, -0.2) is 52.7 Å². The molecule has 6 heteroatoms. The molecule has 21 heavy (non-hydrogen) atoms. The van der Waals surface area contributed by atoms with E-state index in [1.54, 1.807) is 4.68 Å². The van der Waals surface area contributed by atoms with Crippen molar-refractivity contribution in [1.82, 2.24) is 19.9 Å². The molecule has 1 aliphatic rings. The SMILES string of the molecule is Nc1ccc(-n2cc(CCCN3CCOCC3)nn2)cc1. The van der Waals surface area contributed by atoms with E-state index in [-0.39, 0.29) is 0 Å². The van der Waals surface area contributed by atoms with Crippen LogP contribution >= 0.6 is 0 Å². The number of hydrogen-bond donors (Lipinski definition) is 1. The molecule has 1 aromatic heterocycles. The molecule has 2 aromatic rings. The summed E-state index contributed by atoms with van der Waals surface area (Å²) in [5, 5.41) is 8.41. The zero-order valence-electron chi connectivity index (χ0n) is 12.1. The predicted molar refractivity (Wildman–Crippen MR) is 81.4 cm³/mol. The van der Waals surface area contributed by atoms with Crippen molar-refractivity contribution >= 4 is 5.69 Å². The van der Waals surface area contributed by atoms with E-state index in [2.05, 4.69) is 15.2 Å². The largest absolute Gasteiger partial charge is 0.399 e. The van der Waals surface area contributed by atoms with Crippen LogP contribution in [-0.2, 0) is 11.2 Å². The Labute approximate surface area is 124 Å². The molecule has 0 bridgehead atoms. The van der Waals surface area contributed by atoms with E-state index >= 15 is 0 Å². The van der Waals surface area contributed by atoms with Gasteiger partial charge in [0.05, 0.1) is 30.8 Å². The van der Waals surface area contributed by atoms with Crippen molar-refractivity contribution in [1.29, 1.82) is 0 Å². The Kier molecular flexibility index (Phi) is 4.47. The van der Waals surface area contributed by atoms with Gasteiger partial charge < -0.3 is 10.5 Å². The number of aryl methyl sites for hydroxylation is 1. The van der Waals surface area contributed by atoms with Gasteiger partial charge in [-0.25, -0.2) is 4.68 Å². The van der Waals surface area contributed by atoms with Gasteiger partial charge in [-0.1, -0.05) is 5.21 Å². The maximum Gasteiger partial charge on any atom is 0.0832 e. The first kappa shape index (κ1) is 14.0. The minimum atomic E-state index is 0.754. The summed E-state index contributed by atoms with van der Waals surface area (Å²) in [5.74, 6) is 0. The summed E-state index contributed by atoms with van der Waals surface area (Å²) in [4.78, 5) is 2.44. The zero-order chi connectivity index (χ0) is 14.5. The third-order valence-electron chi connectivity index (χ3n) is 3.71. The number of hydrogen-bond acceptors (Lipinski definition) is 5. The Morgan fingerprint density at radius 3 is 2.67 bits per heavy atom. The average molecular weight is 287 g/mol. The van der Waals surface area contributed by atoms with E-state index in [0.717, 1.165) is 62.8 Å². The first-order valence-corrected chi connectivity index (χ1v) is 7.38. The molecular weight excluding hydrogens is 266 g/mol. The van der Waals surface area contributed by atoms with E-state index in [9.17, 15) is 0 Å². The zero-order valence-corrected chi connectivity index (χ0v) is 12.1. The second kappa shape index (κ2) is 6.69. The molecule has 1 fully saturated rings. The van der Waals surface area contributed by atoms with Crippen LogP contribution in [0.5, 0.6) is 0 Å². The van der Waals surface area contributed by atoms with Gasteiger partial charge in [-0.3, -0.25) is 4.90 Å². The third kappa shape index (κ3) is 3.80. The maximum atomic E-state index is 5.69. The van der Waals surface area contributed by atoms with Crippen molar-refractivity contribution in [2.24, 2.45) is 0 Å². The minimum absolute atomic E-state index is 0.754. The molecular formula is C15H21N5O. The van der Waals surface area contributed by atoms with Crippen LogP contribution in [0.15, 0.2) is 30.5 Å². The van der Waals surface area contributed by atoms with Crippen molar-refractivity contribution in [2.45, 2.75) is 12.8 Å². The third-order valence-corrected chi connectivity index (χ3v) is 3.71. The molecule has 0 atom stereocenters. The number of benzene rings is 1. The molecule has 0 aliphatic carbocycles. The van der Waals surface area contributed by atoms with Crippen LogP contribution < -0.4 is 5.73 Å². The highest BCUT2D eigenvalue weighted by atomic mass is 16.5. The van der Waals surface area contributed by atoms with Gasteiger partial charge >= 0.3 is 0 Å². The summed E-state index contributed by atoms with van der Waals surface area (Å²) in [6, 6.07) is 7.63. The van der Waals surface area contributed by atoms with Crippen LogP contribution in [0.3, 0.4) is 0 Å². The standard InChI is InChI=1S/C15H21N5O/c16-13-3-5-15(6-4-13)20-12-14(17-18-20)2-1-7-19-8-10-21-11-9-19/h3-6,12H,1-2,7-11,16H2. The van der Waals surface area contributed by atoms with E-state index in [1.807, 2.05) is 30.5 Å². The number of rotatable bonds is 5. The lowest BCUT2D eigenvalue weighted by Gasteiger charge is -2.26. The van der Waals surface area contributed by atoms with Gasteiger partial charge in [0.1, 0.15) is 0 Å². The average Bonchev–Trinajstić information content (AvgIpc) is 2.98. The lowest BCUT2D eigenvalue weighted by molar-refractivity contribution is 0.0374. The number of nitrogens with two attached hydrogens (primary N) is 1. The molecule has 0 unspecified atom stereocenters. The fourth-order valence-electron chi connectivity index (χ4n) is 2.47. The predicted octanol–water partition coefficient (Wildman–Crippen LogP) is 1.11. The molecule has 0 radical (unpaired) electrons. The van der Waals surface area contributed by atoms with Crippen LogP contribution in [0.25, 0.3) is 5.69 Å². The number of anilines is 1. The Bertz CT molecular complexity index is 560. The van der Waals surface area contributed by atoms with Crippen LogP contribution in [0.1, 0.15) is 12.1 Å². The molecule has 0 spiro atoms. The van der Waals surface area contributed by atoms with Crippen molar-refractivity contribution in [2.75, 3.05) is 38.6 Å². The van der Waals surface area contributed by atoms with Crippen LogP contribution in [0.4, 0.5) is 5.69 Å². The van der Waals surface area contributed by atoms with Gasteiger partial charge in [-0.2, -0.15) is 0 Å². The number of morpholine rings is 1. The number of aromatic nitrogens is 3. The van der Waals surface area contributed by atoms with E-state index in [0.29, 0.717) is 0 Å². The summed E-state index contributed by atoms with van der Waals surface area (Å²) in [6.45, 7) is 4.88. The Morgan fingerprint density at radius 2 is 1.90 bits per heavy atom. The monoisotopic (exact) mass is 287 g/mol. The smallest absolute Gasteiger partial charge is 0.0832 e.